The van der Waals surface area contributed by atoms with Crippen molar-refractivity contribution in [3.05, 3.63) is 0 Å². The lowest BCUT2D eigenvalue weighted by molar-refractivity contribution is 0.00896. The van der Waals surface area contributed by atoms with Crippen molar-refractivity contribution in [1.82, 2.24) is 10.2 Å². The molecule has 0 spiro atoms. The monoisotopic (exact) mass is 266 g/mol. The topological polar surface area (TPSA) is 15.3 Å². The van der Waals surface area contributed by atoms with Gasteiger partial charge in [-0.15, -0.1) is 0 Å². The van der Waals surface area contributed by atoms with Crippen molar-refractivity contribution in [2.24, 2.45) is 11.8 Å². The Kier molecular flexibility index (Phi) is 4.94. The van der Waals surface area contributed by atoms with Gasteiger partial charge in [-0.05, 0) is 38.5 Å². The van der Waals surface area contributed by atoms with Crippen LogP contribution in [0.15, 0.2) is 0 Å². The zero-order valence-corrected chi connectivity index (χ0v) is 13.7. The number of piperazine rings is 1. The summed E-state index contributed by atoms with van der Waals surface area (Å²) in [5.74, 6) is 1.73. The van der Waals surface area contributed by atoms with Crippen LogP contribution in [-0.4, -0.2) is 35.6 Å². The fourth-order valence-corrected chi connectivity index (χ4v) is 4.08. The first-order valence-corrected chi connectivity index (χ1v) is 8.43. The van der Waals surface area contributed by atoms with Gasteiger partial charge in [0.1, 0.15) is 0 Å². The van der Waals surface area contributed by atoms with E-state index in [0.29, 0.717) is 0 Å². The second-order valence-electron chi connectivity index (χ2n) is 7.84. The Morgan fingerprint density at radius 1 is 1.26 bits per heavy atom. The molecule has 2 fully saturated rings. The molecule has 0 radical (unpaired) electrons. The van der Waals surface area contributed by atoms with Crippen LogP contribution < -0.4 is 5.32 Å². The molecule has 1 saturated carbocycles. The summed E-state index contributed by atoms with van der Waals surface area (Å²) >= 11 is 0. The molecule has 19 heavy (non-hydrogen) atoms. The van der Waals surface area contributed by atoms with Crippen molar-refractivity contribution in [1.29, 1.82) is 0 Å². The molecule has 2 nitrogen and oxygen atoms in total. The molecule has 1 N–H and O–H groups in total. The minimum absolute atomic E-state index is 0.282. The summed E-state index contributed by atoms with van der Waals surface area (Å²) in [4.78, 5) is 2.86. The Hall–Kier alpha value is -0.0800. The fourth-order valence-electron chi connectivity index (χ4n) is 4.08. The predicted octanol–water partition coefficient (Wildman–Crippen LogP) is 3.66. The van der Waals surface area contributed by atoms with Crippen LogP contribution in [0.25, 0.3) is 0 Å². The molecule has 1 heterocycles. The van der Waals surface area contributed by atoms with Crippen LogP contribution in [-0.2, 0) is 0 Å². The summed E-state index contributed by atoms with van der Waals surface area (Å²) in [5, 5.41) is 3.74. The molecule has 2 heteroatoms. The van der Waals surface area contributed by atoms with Gasteiger partial charge in [0.05, 0.1) is 0 Å². The molecule has 2 rings (SSSR count). The van der Waals surface area contributed by atoms with Gasteiger partial charge >= 0.3 is 0 Å². The van der Waals surface area contributed by atoms with E-state index in [1.165, 1.54) is 38.6 Å². The summed E-state index contributed by atoms with van der Waals surface area (Å²) in [6.45, 7) is 14.2. The highest BCUT2D eigenvalue weighted by molar-refractivity contribution is 4.97. The van der Waals surface area contributed by atoms with E-state index in [0.717, 1.165) is 30.5 Å². The van der Waals surface area contributed by atoms with Crippen LogP contribution >= 0.6 is 0 Å². The van der Waals surface area contributed by atoms with Crippen LogP contribution in [0.3, 0.4) is 0 Å². The maximum Gasteiger partial charge on any atom is 0.0253 e. The Labute approximate surface area is 120 Å². The molecule has 3 unspecified atom stereocenters. The number of rotatable bonds is 3. The highest BCUT2D eigenvalue weighted by Crippen LogP contribution is 2.33. The summed E-state index contributed by atoms with van der Waals surface area (Å²) < 4.78 is 0. The minimum atomic E-state index is 0.282. The maximum atomic E-state index is 3.74. The Bertz CT molecular complexity index is 285. The first-order valence-electron chi connectivity index (χ1n) is 8.43. The standard InChI is InChI=1S/C17H34N2/c1-6-14-8-7-9-15(10-14)19-12-17(4,5)18-11-16(19)13(2)3/h13-16,18H,6-12H2,1-5H3. The quantitative estimate of drug-likeness (QED) is 0.838. The fraction of sp³-hybridized carbons (Fsp3) is 1.00. The van der Waals surface area contributed by atoms with Crippen molar-refractivity contribution in [3.8, 4) is 0 Å². The second kappa shape index (κ2) is 6.13. The average molecular weight is 266 g/mol. The summed E-state index contributed by atoms with van der Waals surface area (Å²) in [6.07, 6.45) is 7.15. The van der Waals surface area contributed by atoms with Crippen molar-refractivity contribution in [2.75, 3.05) is 13.1 Å². The van der Waals surface area contributed by atoms with Gasteiger partial charge in [-0.2, -0.15) is 0 Å². The smallest absolute Gasteiger partial charge is 0.0253 e. The summed E-state index contributed by atoms with van der Waals surface area (Å²) in [7, 11) is 0. The molecule has 112 valence electrons. The van der Waals surface area contributed by atoms with Crippen LogP contribution in [0.4, 0.5) is 0 Å². The van der Waals surface area contributed by atoms with E-state index >= 15 is 0 Å². The molecule has 1 aliphatic heterocycles. The number of nitrogens with zero attached hydrogens (tertiary/aromatic N) is 1. The first kappa shape index (κ1) is 15.3. The SMILES string of the molecule is CCC1CCCC(N2CC(C)(C)NCC2C(C)C)C1. The molecule has 1 aliphatic carbocycles. The van der Waals surface area contributed by atoms with Gasteiger partial charge in [0.15, 0.2) is 0 Å². The number of hydrogen-bond acceptors (Lipinski definition) is 2. The summed E-state index contributed by atoms with van der Waals surface area (Å²) in [6, 6.07) is 1.57. The lowest BCUT2D eigenvalue weighted by Gasteiger charge is -2.51. The number of nitrogens with one attached hydrogen (secondary N) is 1. The second-order valence-corrected chi connectivity index (χ2v) is 7.84. The summed E-state index contributed by atoms with van der Waals surface area (Å²) in [5.41, 5.74) is 0.282. The molecule has 3 atom stereocenters. The van der Waals surface area contributed by atoms with Gasteiger partial charge in [-0.1, -0.05) is 40.0 Å². The first-order chi connectivity index (χ1) is 8.93. The third kappa shape index (κ3) is 3.72. The number of hydrogen-bond donors (Lipinski definition) is 1. The Balaban J connectivity index is 2.08. The minimum Gasteiger partial charge on any atom is -0.309 e. The largest absolute Gasteiger partial charge is 0.309 e. The molecule has 0 amide bonds. The lowest BCUT2D eigenvalue weighted by Crippen LogP contribution is -2.65. The van der Waals surface area contributed by atoms with Gasteiger partial charge in [0, 0.05) is 30.7 Å². The van der Waals surface area contributed by atoms with Crippen LogP contribution in [0, 0.1) is 11.8 Å². The van der Waals surface area contributed by atoms with E-state index in [4.69, 9.17) is 0 Å². The molecular weight excluding hydrogens is 232 g/mol. The van der Waals surface area contributed by atoms with Crippen molar-refractivity contribution in [3.63, 3.8) is 0 Å². The molecule has 0 aromatic carbocycles. The highest BCUT2D eigenvalue weighted by Gasteiger charge is 2.38. The zero-order valence-electron chi connectivity index (χ0n) is 13.7. The van der Waals surface area contributed by atoms with Crippen molar-refractivity contribution < 1.29 is 0 Å². The van der Waals surface area contributed by atoms with Gasteiger partial charge in [-0.25, -0.2) is 0 Å². The lowest BCUT2D eigenvalue weighted by atomic mass is 9.81. The van der Waals surface area contributed by atoms with Gasteiger partial charge in [0.25, 0.3) is 0 Å². The highest BCUT2D eigenvalue weighted by atomic mass is 15.3. The van der Waals surface area contributed by atoms with E-state index in [9.17, 15) is 0 Å². The van der Waals surface area contributed by atoms with Gasteiger partial charge < -0.3 is 5.32 Å². The normalized spacial score (nSPS) is 36.6. The van der Waals surface area contributed by atoms with E-state index in [2.05, 4.69) is 44.8 Å². The van der Waals surface area contributed by atoms with Crippen LogP contribution in [0.2, 0.25) is 0 Å². The molecule has 0 aromatic rings. The van der Waals surface area contributed by atoms with E-state index < -0.39 is 0 Å². The van der Waals surface area contributed by atoms with Crippen molar-refractivity contribution >= 4 is 0 Å². The maximum absolute atomic E-state index is 3.74. The van der Waals surface area contributed by atoms with E-state index in [1.807, 2.05) is 0 Å². The third-order valence-corrected chi connectivity index (χ3v) is 5.36. The zero-order chi connectivity index (χ0) is 14.0. The Morgan fingerprint density at radius 3 is 2.63 bits per heavy atom. The van der Waals surface area contributed by atoms with Gasteiger partial charge in [-0.3, -0.25) is 4.90 Å². The molecule has 1 saturated heterocycles. The predicted molar refractivity (Wildman–Crippen MR) is 83.5 cm³/mol. The molecular formula is C17H34N2. The average Bonchev–Trinajstić information content (AvgIpc) is 2.37. The van der Waals surface area contributed by atoms with Crippen LogP contribution in [0.5, 0.6) is 0 Å². The van der Waals surface area contributed by atoms with Gasteiger partial charge in [0.2, 0.25) is 0 Å². The van der Waals surface area contributed by atoms with Crippen LogP contribution in [0.1, 0.15) is 66.7 Å². The molecule has 2 aliphatic rings. The molecule has 0 bridgehead atoms. The van der Waals surface area contributed by atoms with Crippen molar-refractivity contribution in [2.45, 2.75) is 84.3 Å². The third-order valence-electron chi connectivity index (χ3n) is 5.36. The van der Waals surface area contributed by atoms with E-state index in [1.54, 1.807) is 0 Å². The molecule has 0 aromatic heterocycles. The Morgan fingerprint density at radius 2 is 2.00 bits per heavy atom. The van der Waals surface area contributed by atoms with E-state index in [-0.39, 0.29) is 5.54 Å².